The van der Waals surface area contributed by atoms with E-state index in [0.717, 1.165) is 24.3 Å². The van der Waals surface area contributed by atoms with Gasteiger partial charge in [-0.3, -0.25) is 4.98 Å². The van der Waals surface area contributed by atoms with Crippen LogP contribution < -0.4 is 0 Å². The van der Waals surface area contributed by atoms with E-state index in [1.54, 1.807) is 7.11 Å². The summed E-state index contributed by atoms with van der Waals surface area (Å²) in [6.07, 6.45) is 2.78. The number of methoxy groups -OCH3 is 1. The van der Waals surface area contributed by atoms with Crippen molar-refractivity contribution in [2.24, 2.45) is 0 Å². The molecular formula is C14H15NO. The van der Waals surface area contributed by atoms with Gasteiger partial charge in [0.15, 0.2) is 0 Å². The van der Waals surface area contributed by atoms with Crippen molar-refractivity contribution < 1.29 is 4.74 Å². The Bertz CT molecular complexity index is 422. The summed E-state index contributed by atoms with van der Waals surface area (Å²) >= 11 is 0. The van der Waals surface area contributed by atoms with Gasteiger partial charge in [0.25, 0.3) is 0 Å². The van der Waals surface area contributed by atoms with Crippen LogP contribution in [0, 0.1) is 0 Å². The van der Waals surface area contributed by atoms with Crippen LogP contribution in [0.1, 0.15) is 5.69 Å². The summed E-state index contributed by atoms with van der Waals surface area (Å²) in [6.45, 7) is 0.720. The van der Waals surface area contributed by atoms with Crippen LogP contribution in [0.15, 0.2) is 48.7 Å². The zero-order chi connectivity index (χ0) is 11.2. The summed E-state index contributed by atoms with van der Waals surface area (Å²) in [5.41, 5.74) is 3.43. The van der Waals surface area contributed by atoms with E-state index >= 15 is 0 Å². The van der Waals surface area contributed by atoms with Crippen molar-refractivity contribution in [2.45, 2.75) is 6.42 Å². The number of aromatic nitrogens is 1. The molecule has 0 N–H and O–H groups in total. The van der Waals surface area contributed by atoms with Crippen molar-refractivity contribution in [3.8, 4) is 11.1 Å². The van der Waals surface area contributed by atoms with Crippen LogP contribution in [0.4, 0.5) is 0 Å². The highest BCUT2D eigenvalue weighted by Crippen LogP contribution is 2.17. The molecule has 0 saturated heterocycles. The second kappa shape index (κ2) is 5.42. The van der Waals surface area contributed by atoms with E-state index in [1.165, 1.54) is 5.56 Å². The largest absolute Gasteiger partial charge is 0.384 e. The Balaban J connectivity index is 2.13. The molecule has 82 valence electrons. The molecule has 2 heteroatoms. The first-order chi connectivity index (χ1) is 7.90. The van der Waals surface area contributed by atoms with Gasteiger partial charge in [0.1, 0.15) is 0 Å². The predicted octanol–water partition coefficient (Wildman–Crippen LogP) is 2.94. The SMILES string of the molecule is COCCc1ccc(-c2ccccc2)cn1. The Morgan fingerprint density at radius 2 is 1.81 bits per heavy atom. The molecule has 0 atom stereocenters. The lowest BCUT2D eigenvalue weighted by atomic mass is 10.1. The van der Waals surface area contributed by atoms with Crippen molar-refractivity contribution in [2.75, 3.05) is 13.7 Å². The Kier molecular flexibility index (Phi) is 3.67. The van der Waals surface area contributed by atoms with Gasteiger partial charge in [-0.1, -0.05) is 36.4 Å². The number of benzene rings is 1. The highest BCUT2D eigenvalue weighted by molar-refractivity contribution is 5.62. The molecule has 16 heavy (non-hydrogen) atoms. The molecule has 0 saturated carbocycles. The standard InChI is InChI=1S/C14H15NO/c1-16-10-9-14-8-7-13(11-15-14)12-5-3-2-4-6-12/h2-8,11H,9-10H2,1H3. The van der Waals surface area contributed by atoms with Gasteiger partial charge in [0, 0.05) is 31.0 Å². The molecule has 0 amide bonds. The Morgan fingerprint density at radius 1 is 1.00 bits per heavy atom. The van der Waals surface area contributed by atoms with Gasteiger partial charge in [-0.05, 0) is 11.6 Å². The topological polar surface area (TPSA) is 22.1 Å². The second-order valence-corrected chi connectivity index (χ2v) is 3.65. The fraction of sp³-hybridized carbons (Fsp3) is 0.214. The molecule has 0 aliphatic carbocycles. The minimum atomic E-state index is 0.720. The summed E-state index contributed by atoms with van der Waals surface area (Å²) in [5.74, 6) is 0. The Hall–Kier alpha value is -1.67. The molecule has 0 aliphatic heterocycles. The number of pyridine rings is 1. The maximum Gasteiger partial charge on any atom is 0.0517 e. The van der Waals surface area contributed by atoms with Gasteiger partial charge in [0.05, 0.1) is 6.61 Å². The number of rotatable bonds is 4. The summed E-state index contributed by atoms with van der Waals surface area (Å²) in [4.78, 5) is 4.41. The predicted molar refractivity (Wildman–Crippen MR) is 65.3 cm³/mol. The normalized spacial score (nSPS) is 10.3. The monoisotopic (exact) mass is 213 g/mol. The number of ether oxygens (including phenoxy) is 1. The quantitative estimate of drug-likeness (QED) is 0.779. The van der Waals surface area contributed by atoms with Crippen LogP contribution in [0.5, 0.6) is 0 Å². The molecule has 0 fully saturated rings. The van der Waals surface area contributed by atoms with Gasteiger partial charge in [-0.2, -0.15) is 0 Å². The van der Waals surface area contributed by atoms with E-state index < -0.39 is 0 Å². The highest BCUT2D eigenvalue weighted by Gasteiger charge is 1.98. The van der Waals surface area contributed by atoms with Crippen molar-refractivity contribution in [1.29, 1.82) is 0 Å². The molecule has 1 aromatic carbocycles. The zero-order valence-corrected chi connectivity index (χ0v) is 9.39. The number of hydrogen-bond donors (Lipinski definition) is 0. The fourth-order valence-corrected chi connectivity index (χ4v) is 1.58. The van der Waals surface area contributed by atoms with Crippen molar-refractivity contribution in [3.05, 3.63) is 54.4 Å². The maximum atomic E-state index is 5.02. The van der Waals surface area contributed by atoms with Crippen LogP contribution in [-0.2, 0) is 11.2 Å². The van der Waals surface area contributed by atoms with Crippen molar-refractivity contribution in [3.63, 3.8) is 0 Å². The van der Waals surface area contributed by atoms with E-state index in [2.05, 4.69) is 29.2 Å². The highest BCUT2D eigenvalue weighted by atomic mass is 16.5. The molecule has 1 aromatic heterocycles. The molecule has 2 nitrogen and oxygen atoms in total. The first-order valence-electron chi connectivity index (χ1n) is 5.39. The van der Waals surface area contributed by atoms with Gasteiger partial charge in [-0.25, -0.2) is 0 Å². The molecule has 0 bridgehead atoms. The van der Waals surface area contributed by atoms with Gasteiger partial charge < -0.3 is 4.74 Å². The van der Waals surface area contributed by atoms with Crippen LogP contribution >= 0.6 is 0 Å². The lowest BCUT2D eigenvalue weighted by Gasteiger charge is -2.03. The van der Waals surface area contributed by atoms with E-state index in [0.29, 0.717) is 0 Å². The summed E-state index contributed by atoms with van der Waals surface area (Å²) in [5, 5.41) is 0. The fourth-order valence-electron chi connectivity index (χ4n) is 1.58. The minimum Gasteiger partial charge on any atom is -0.384 e. The van der Waals surface area contributed by atoms with E-state index in [4.69, 9.17) is 4.74 Å². The molecule has 1 heterocycles. The van der Waals surface area contributed by atoms with Gasteiger partial charge in [-0.15, -0.1) is 0 Å². The average Bonchev–Trinajstić information content (AvgIpc) is 2.38. The Morgan fingerprint density at radius 3 is 2.44 bits per heavy atom. The molecular weight excluding hydrogens is 198 g/mol. The third-order valence-corrected chi connectivity index (χ3v) is 2.49. The molecule has 0 radical (unpaired) electrons. The lowest BCUT2D eigenvalue weighted by Crippen LogP contribution is -1.96. The van der Waals surface area contributed by atoms with E-state index in [-0.39, 0.29) is 0 Å². The summed E-state index contributed by atoms with van der Waals surface area (Å²) < 4.78 is 5.02. The van der Waals surface area contributed by atoms with Gasteiger partial charge >= 0.3 is 0 Å². The van der Waals surface area contributed by atoms with Crippen LogP contribution in [0.2, 0.25) is 0 Å². The van der Waals surface area contributed by atoms with Crippen LogP contribution in [-0.4, -0.2) is 18.7 Å². The van der Waals surface area contributed by atoms with E-state index in [1.807, 2.05) is 24.4 Å². The second-order valence-electron chi connectivity index (χ2n) is 3.65. The third kappa shape index (κ3) is 2.67. The van der Waals surface area contributed by atoms with Crippen LogP contribution in [0.25, 0.3) is 11.1 Å². The molecule has 2 aromatic rings. The van der Waals surface area contributed by atoms with Gasteiger partial charge in [0.2, 0.25) is 0 Å². The number of nitrogens with zero attached hydrogens (tertiary/aromatic N) is 1. The Labute approximate surface area is 95.9 Å². The maximum absolute atomic E-state index is 5.02. The molecule has 0 spiro atoms. The number of hydrogen-bond acceptors (Lipinski definition) is 2. The average molecular weight is 213 g/mol. The van der Waals surface area contributed by atoms with Crippen molar-refractivity contribution in [1.82, 2.24) is 4.98 Å². The lowest BCUT2D eigenvalue weighted by molar-refractivity contribution is 0.201. The molecule has 2 rings (SSSR count). The molecule has 0 unspecified atom stereocenters. The summed E-state index contributed by atoms with van der Waals surface area (Å²) in [7, 11) is 1.71. The van der Waals surface area contributed by atoms with Crippen molar-refractivity contribution >= 4 is 0 Å². The zero-order valence-electron chi connectivity index (χ0n) is 9.39. The van der Waals surface area contributed by atoms with E-state index in [9.17, 15) is 0 Å². The summed E-state index contributed by atoms with van der Waals surface area (Å²) in [6, 6.07) is 14.4. The molecule has 0 aliphatic rings. The smallest absolute Gasteiger partial charge is 0.0517 e. The third-order valence-electron chi connectivity index (χ3n) is 2.49. The first kappa shape index (κ1) is 10.8. The van der Waals surface area contributed by atoms with Crippen LogP contribution in [0.3, 0.4) is 0 Å². The first-order valence-corrected chi connectivity index (χ1v) is 5.39. The minimum absolute atomic E-state index is 0.720.